The van der Waals surface area contributed by atoms with E-state index < -0.39 is 10.0 Å². The number of aromatic nitrogens is 3. The van der Waals surface area contributed by atoms with Crippen molar-refractivity contribution in [2.45, 2.75) is 11.4 Å². The lowest BCUT2D eigenvalue weighted by atomic mass is 10.1. The number of pyridine rings is 2. The molecule has 0 radical (unpaired) electrons. The van der Waals surface area contributed by atoms with E-state index in [2.05, 4.69) is 20.6 Å². The number of halogens is 2. The molecule has 11 heteroatoms. The number of hydrogen-bond donors (Lipinski definition) is 2. The minimum absolute atomic E-state index is 0. The van der Waals surface area contributed by atoms with Gasteiger partial charge in [-0.1, -0.05) is 17.7 Å². The predicted molar refractivity (Wildman–Crippen MR) is 128 cm³/mol. The third kappa shape index (κ3) is 4.51. The van der Waals surface area contributed by atoms with Crippen molar-refractivity contribution in [2.24, 2.45) is 0 Å². The molecule has 3 heterocycles. The third-order valence-corrected chi connectivity index (χ3v) is 6.58. The molecule has 0 unspecified atom stereocenters. The number of hydrogen-bond acceptors (Lipinski definition) is 7. The molecule has 0 amide bonds. The van der Waals surface area contributed by atoms with Crippen molar-refractivity contribution < 1.29 is 13.2 Å². The lowest BCUT2D eigenvalue weighted by Crippen LogP contribution is -2.12. The number of anilines is 2. The molecule has 4 rings (SSSR count). The summed E-state index contributed by atoms with van der Waals surface area (Å²) in [5.41, 5.74) is 2.68. The summed E-state index contributed by atoms with van der Waals surface area (Å²) in [4.78, 5) is 8.21. The van der Waals surface area contributed by atoms with Crippen LogP contribution in [0.4, 0.5) is 11.4 Å². The lowest BCUT2D eigenvalue weighted by molar-refractivity contribution is 0.400. The summed E-state index contributed by atoms with van der Waals surface area (Å²) in [6, 6.07) is 12.0. The molecule has 0 bridgehead atoms. The van der Waals surface area contributed by atoms with Gasteiger partial charge >= 0.3 is 0 Å². The van der Waals surface area contributed by atoms with E-state index in [-0.39, 0.29) is 17.3 Å². The minimum Gasteiger partial charge on any atom is -0.479 e. The predicted octanol–water partition coefficient (Wildman–Crippen LogP) is 4.22. The van der Waals surface area contributed by atoms with Gasteiger partial charge in [0.15, 0.2) is 0 Å². The van der Waals surface area contributed by atoms with Crippen molar-refractivity contribution in [3.8, 4) is 5.88 Å². The fourth-order valence-electron chi connectivity index (χ4n) is 3.31. The van der Waals surface area contributed by atoms with E-state index in [1.54, 1.807) is 30.5 Å². The summed E-state index contributed by atoms with van der Waals surface area (Å²) in [7, 11) is -0.510. The maximum Gasteiger partial charge on any atom is 0.269 e. The van der Waals surface area contributed by atoms with Crippen molar-refractivity contribution in [3.63, 3.8) is 0 Å². The molecular weight excluding hydrogens is 473 g/mol. The first-order chi connectivity index (χ1) is 14.9. The second-order valence-corrected chi connectivity index (χ2v) is 8.92. The van der Waals surface area contributed by atoms with Crippen LogP contribution >= 0.6 is 24.0 Å². The van der Waals surface area contributed by atoms with Gasteiger partial charge in [0.25, 0.3) is 10.0 Å². The molecule has 3 aromatic heterocycles. The second-order valence-electron chi connectivity index (χ2n) is 6.72. The maximum absolute atomic E-state index is 13.3. The van der Waals surface area contributed by atoms with Crippen LogP contribution < -0.4 is 15.4 Å². The van der Waals surface area contributed by atoms with Crippen molar-refractivity contribution in [3.05, 3.63) is 71.8 Å². The second kappa shape index (κ2) is 9.74. The summed E-state index contributed by atoms with van der Waals surface area (Å²) in [6.45, 7) is 0.522. The molecule has 2 N–H and O–H groups in total. The molecule has 0 saturated carbocycles. The van der Waals surface area contributed by atoms with Gasteiger partial charge in [0, 0.05) is 36.2 Å². The highest BCUT2D eigenvalue weighted by molar-refractivity contribution is 7.90. The molecule has 8 nitrogen and oxygen atoms in total. The molecule has 4 aromatic rings. The molecule has 0 atom stereocenters. The average molecular weight is 494 g/mol. The Balaban J connectivity index is 0.00000289. The summed E-state index contributed by atoms with van der Waals surface area (Å²) in [5, 5.41) is 7.44. The minimum atomic E-state index is -3.83. The molecule has 168 valence electrons. The molecule has 0 aliphatic rings. The van der Waals surface area contributed by atoms with Crippen LogP contribution in [0, 0.1) is 0 Å². The van der Waals surface area contributed by atoms with Gasteiger partial charge in [0.05, 0.1) is 12.6 Å². The fourth-order valence-corrected chi connectivity index (χ4v) is 4.80. The van der Waals surface area contributed by atoms with Gasteiger partial charge in [-0.2, -0.15) is 4.98 Å². The van der Waals surface area contributed by atoms with Crippen molar-refractivity contribution in [1.82, 2.24) is 19.3 Å². The SMILES string of the molecule is CNCc1cn(S(=O)(=O)c2cccnc2)c2cc(Nc3ccc(Cl)nc3OC)ccc12.Cl. The molecule has 0 fully saturated rings. The van der Waals surface area contributed by atoms with Crippen LogP contribution in [-0.2, 0) is 16.6 Å². The highest BCUT2D eigenvalue weighted by Gasteiger charge is 2.22. The molecule has 0 aliphatic carbocycles. The number of benzene rings is 1. The van der Waals surface area contributed by atoms with Crippen LogP contribution in [-0.4, -0.2) is 36.5 Å². The monoisotopic (exact) mass is 493 g/mol. The van der Waals surface area contributed by atoms with Crippen LogP contribution in [0.15, 0.2) is 66.0 Å². The van der Waals surface area contributed by atoms with Gasteiger partial charge < -0.3 is 15.4 Å². The highest BCUT2D eigenvalue weighted by Crippen LogP contribution is 2.32. The van der Waals surface area contributed by atoms with Crippen LogP contribution in [0.25, 0.3) is 10.9 Å². The smallest absolute Gasteiger partial charge is 0.269 e. The maximum atomic E-state index is 13.3. The van der Waals surface area contributed by atoms with Gasteiger partial charge in [0.1, 0.15) is 15.7 Å². The van der Waals surface area contributed by atoms with Crippen LogP contribution in [0.2, 0.25) is 5.15 Å². The zero-order valence-electron chi connectivity index (χ0n) is 17.2. The number of nitrogens with one attached hydrogen (secondary N) is 2. The van der Waals surface area contributed by atoms with E-state index >= 15 is 0 Å². The van der Waals surface area contributed by atoms with Crippen molar-refractivity contribution in [1.29, 1.82) is 0 Å². The Morgan fingerprint density at radius 3 is 2.69 bits per heavy atom. The average Bonchev–Trinajstić information content (AvgIpc) is 3.14. The highest BCUT2D eigenvalue weighted by atomic mass is 35.5. The third-order valence-electron chi connectivity index (χ3n) is 4.71. The number of fused-ring (bicyclic) bond motifs is 1. The Morgan fingerprint density at radius 1 is 1.19 bits per heavy atom. The van der Waals surface area contributed by atoms with Gasteiger partial charge in [-0.05, 0) is 49.0 Å². The summed E-state index contributed by atoms with van der Waals surface area (Å²) in [5.74, 6) is 0.335. The lowest BCUT2D eigenvalue weighted by Gasteiger charge is -2.12. The first-order valence-corrected chi connectivity index (χ1v) is 11.2. The molecule has 0 spiro atoms. The van der Waals surface area contributed by atoms with E-state index in [0.717, 1.165) is 10.9 Å². The quantitative estimate of drug-likeness (QED) is 0.372. The Kier molecular flexibility index (Phi) is 7.25. The molecule has 1 aromatic carbocycles. The van der Waals surface area contributed by atoms with E-state index in [4.69, 9.17) is 16.3 Å². The van der Waals surface area contributed by atoms with Gasteiger partial charge in [-0.3, -0.25) is 4.98 Å². The topological polar surface area (TPSA) is 98.1 Å². The van der Waals surface area contributed by atoms with Crippen LogP contribution in [0.3, 0.4) is 0 Å². The summed E-state index contributed by atoms with van der Waals surface area (Å²) < 4.78 is 33.2. The van der Waals surface area contributed by atoms with Gasteiger partial charge in [0.2, 0.25) is 5.88 Å². The van der Waals surface area contributed by atoms with Gasteiger partial charge in [-0.15, -0.1) is 12.4 Å². The van der Waals surface area contributed by atoms with Crippen LogP contribution in [0.5, 0.6) is 5.88 Å². The standard InChI is InChI=1S/C21H20ClN5O3S.ClH/c1-23-11-14-13-27(31(28,29)16-4-3-9-24-12-16)19-10-15(5-6-17(14)19)25-18-7-8-20(22)26-21(18)30-2;/h3-10,12-13,23,25H,11H2,1-2H3;1H. The van der Waals surface area contributed by atoms with E-state index in [0.29, 0.717) is 34.5 Å². The number of methoxy groups -OCH3 is 1. The number of rotatable bonds is 7. The van der Waals surface area contributed by atoms with Crippen LogP contribution in [0.1, 0.15) is 5.56 Å². The molecular formula is C21H21Cl2N5O3S. The fraction of sp³-hybridized carbons (Fsp3) is 0.143. The molecule has 32 heavy (non-hydrogen) atoms. The van der Waals surface area contributed by atoms with E-state index in [1.165, 1.54) is 29.5 Å². The van der Waals surface area contributed by atoms with Gasteiger partial charge in [-0.25, -0.2) is 12.4 Å². The first-order valence-electron chi connectivity index (χ1n) is 9.36. The van der Waals surface area contributed by atoms with E-state index in [9.17, 15) is 8.42 Å². The van der Waals surface area contributed by atoms with Crippen molar-refractivity contribution >= 4 is 56.3 Å². The zero-order valence-corrected chi connectivity index (χ0v) is 19.6. The number of nitrogens with zero attached hydrogens (tertiary/aromatic N) is 3. The first kappa shape index (κ1) is 23.8. The molecule has 0 aliphatic heterocycles. The summed E-state index contributed by atoms with van der Waals surface area (Å²) >= 11 is 5.94. The summed E-state index contributed by atoms with van der Waals surface area (Å²) in [6.07, 6.45) is 4.51. The Labute approximate surface area is 197 Å². The van der Waals surface area contributed by atoms with Crippen molar-refractivity contribution in [2.75, 3.05) is 19.5 Å². The Morgan fingerprint density at radius 2 is 2.00 bits per heavy atom. The normalized spacial score (nSPS) is 11.2. The zero-order chi connectivity index (χ0) is 22.0. The molecule has 0 saturated heterocycles. The Hall–Kier alpha value is -2.85. The Bertz CT molecular complexity index is 1340. The largest absolute Gasteiger partial charge is 0.479 e. The number of ether oxygens (including phenoxy) is 1. The van der Waals surface area contributed by atoms with E-state index in [1.807, 2.05) is 19.2 Å².